The van der Waals surface area contributed by atoms with Crippen LogP contribution >= 0.6 is 11.8 Å². The number of nitrogens with zero attached hydrogens (tertiary/aromatic N) is 3. The molecule has 2 unspecified atom stereocenters. The summed E-state index contributed by atoms with van der Waals surface area (Å²) >= 11 is 1.33. The normalized spacial score (nSPS) is 16.1. The quantitative estimate of drug-likeness (QED) is 0.525. The number of amides is 3. The fraction of sp³-hybridized carbons (Fsp3) is 0.385. The molecule has 2 aromatic carbocycles. The minimum Gasteiger partial charge on any atom is -0.352 e. The van der Waals surface area contributed by atoms with E-state index in [9.17, 15) is 14.4 Å². The van der Waals surface area contributed by atoms with Gasteiger partial charge in [-0.05, 0) is 51.7 Å². The molecule has 0 bridgehead atoms. The van der Waals surface area contributed by atoms with E-state index in [4.69, 9.17) is 0 Å². The molecule has 1 aliphatic rings. The molecule has 0 spiro atoms. The van der Waals surface area contributed by atoms with E-state index in [1.807, 2.05) is 68.1 Å². The van der Waals surface area contributed by atoms with E-state index < -0.39 is 5.25 Å². The first-order valence-corrected chi connectivity index (χ1v) is 12.6. The van der Waals surface area contributed by atoms with Crippen molar-refractivity contribution < 1.29 is 14.4 Å². The van der Waals surface area contributed by atoms with Gasteiger partial charge in [0.15, 0.2) is 5.17 Å². The molecule has 1 aliphatic heterocycles. The van der Waals surface area contributed by atoms with Crippen LogP contribution in [0.2, 0.25) is 0 Å². The van der Waals surface area contributed by atoms with Crippen molar-refractivity contribution in [1.82, 2.24) is 15.1 Å². The summed E-state index contributed by atoms with van der Waals surface area (Å²) in [5.74, 6) is -0.803. The number of hydrogen-bond donors (Lipinski definition) is 2. The van der Waals surface area contributed by atoms with E-state index in [-0.39, 0.29) is 30.2 Å². The summed E-state index contributed by atoms with van der Waals surface area (Å²) in [5.41, 5.74) is 1.97. The molecule has 3 amide bonds. The Bertz CT molecular complexity index is 1070. The summed E-state index contributed by atoms with van der Waals surface area (Å²) in [6, 6.07) is 16.4. The Morgan fingerprint density at radius 3 is 2.43 bits per heavy atom. The van der Waals surface area contributed by atoms with E-state index in [0.29, 0.717) is 23.0 Å². The van der Waals surface area contributed by atoms with Crippen LogP contribution in [0.3, 0.4) is 0 Å². The Kier molecular flexibility index (Phi) is 9.45. The number of hydrogen-bond acceptors (Lipinski definition) is 6. The van der Waals surface area contributed by atoms with Crippen molar-refractivity contribution in [3.8, 4) is 0 Å². The highest BCUT2D eigenvalue weighted by Gasteiger charge is 2.32. The number of likely N-dealkylation sites (N-methyl/N-ethyl adjacent to an activating group) is 1. The predicted molar refractivity (Wildman–Crippen MR) is 142 cm³/mol. The van der Waals surface area contributed by atoms with Crippen molar-refractivity contribution >= 4 is 40.3 Å². The molecule has 8 nitrogen and oxygen atoms in total. The Balaban J connectivity index is 1.62. The molecule has 0 radical (unpaired) electrons. The zero-order valence-electron chi connectivity index (χ0n) is 20.7. The lowest BCUT2D eigenvalue weighted by molar-refractivity contribution is -0.121. The Morgan fingerprint density at radius 1 is 1.06 bits per heavy atom. The number of thioether (sulfide) groups is 1. The summed E-state index contributed by atoms with van der Waals surface area (Å²) in [4.78, 5) is 46.1. The Morgan fingerprint density at radius 2 is 1.77 bits per heavy atom. The third-order valence-electron chi connectivity index (χ3n) is 5.60. The maximum Gasteiger partial charge on any atom is 0.262 e. The highest BCUT2D eigenvalue weighted by Crippen LogP contribution is 2.27. The number of anilines is 1. The lowest BCUT2D eigenvalue weighted by atomic mass is 10.1. The van der Waals surface area contributed by atoms with E-state index in [2.05, 4.69) is 15.6 Å². The van der Waals surface area contributed by atoms with E-state index in [1.54, 1.807) is 24.3 Å². The molecule has 0 fully saturated rings. The van der Waals surface area contributed by atoms with Crippen molar-refractivity contribution in [2.45, 2.75) is 31.6 Å². The standard InChI is InChI=1S/C26H33N5O3S/c1-5-31(6-2)26-29-25(34)22(35-26)16-23(32)27-20-14-10-13-19(15-20)24(33)28-21(17-30(3)4)18-11-8-7-9-12-18/h7-15,21-22H,5-6,16-17H2,1-4H3,(H,27,32)(H,28,33). The summed E-state index contributed by atoms with van der Waals surface area (Å²) in [5, 5.41) is 6.04. The monoisotopic (exact) mass is 495 g/mol. The van der Waals surface area contributed by atoms with Gasteiger partial charge in [0.05, 0.1) is 6.04 Å². The second-order valence-electron chi connectivity index (χ2n) is 8.54. The van der Waals surface area contributed by atoms with Crippen LogP contribution in [-0.2, 0) is 9.59 Å². The van der Waals surface area contributed by atoms with E-state index in [0.717, 1.165) is 18.7 Å². The fourth-order valence-electron chi connectivity index (χ4n) is 3.78. The number of rotatable bonds is 10. The first-order valence-electron chi connectivity index (χ1n) is 11.7. The van der Waals surface area contributed by atoms with Crippen molar-refractivity contribution in [3.63, 3.8) is 0 Å². The highest BCUT2D eigenvalue weighted by molar-refractivity contribution is 8.15. The number of nitrogens with one attached hydrogen (secondary N) is 2. The van der Waals surface area contributed by atoms with Gasteiger partial charge in [0.25, 0.3) is 11.8 Å². The van der Waals surface area contributed by atoms with Gasteiger partial charge in [-0.2, -0.15) is 4.99 Å². The SMILES string of the molecule is CCN(CC)C1=NC(=O)C(CC(=O)Nc2cccc(C(=O)NC(CN(C)C)c3ccccc3)c2)S1. The number of carbonyl (C=O) groups is 3. The van der Waals surface area contributed by atoms with Crippen LogP contribution in [-0.4, -0.2) is 71.7 Å². The van der Waals surface area contributed by atoms with Crippen LogP contribution in [0.5, 0.6) is 0 Å². The summed E-state index contributed by atoms with van der Waals surface area (Å²) in [7, 11) is 3.92. The lowest BCUT2D eigenvalue weighted by Gasteiger charge is -2.23. The van der Waals surface area contributed by atoms with Gasteiger partial charge in [0.2, 0.25) is 5.91 Å². The van der Waals surface area contributed by atoms with E-state index >= 15 is 0 Å². The van der Waals surface area contributed by atoms with Gasteiger partial charge < -0.3 is 20.4 Å². The first-order chi connectivity index (χ1) is 16.8. The Hall–Kier alpha value is -3.17. The molecule has 2 N–H and O–H groups in total. The highest BCUT2D eigenvalue weighted by atomic mass is 32.2. The van der Waals surface area contributed by atoms with E-state index in [1.165, 1.54) is 11.8 Å². The largest absolute Gasteiger partial charge is 0.352 e. The first kappa shape index (κ1) is 26.4. The molecule has 2 atom stereocenters. The number of carbonyl (C=O) groups excluding carboxylic acids is 3. The van der Waals surface area contributed by atoms with Gasteiger partial charge in [-0.15, -0.1) is 0 Å². The molecule has 0 saturated carbocycles. The molecule has 9 heteroatoms. The van der Waals surface area contributed by atoms with Gasteiger partial charge in [-0.1, -0.05) is 48.2 Å². The minimum atomic E-state index is -0.533. The summed E-state index contributed by atoms with van der Waals surface area (Å²) in [6.07, 6.45) is 0.0209. The molecule has 2 aromatic rings. The maximum absolute atomic E-state index is 13.0. The third kappa shape index (κ3) is 7.40. The summed E-state index contributed by atoms with van der Waals surface area (Å²) < 4.78 is 0. The van der Waals surface area contributed by atoms with Gasteiger partial charge in [-0.3, -0.25) is 14.4 Å². The lowest BCUT2D eigenvalue weighted by Crippen LogP contribution is -2.35. The molecule has 0 saturated heterocycles. The zero-order valence-corrected chi connectivity index (χ0v) is 21.5. The molecule has 0 aromatic heterocycles. The van der Waals surface area contributed by atoms with Crippen molar-refractivity contribution in [2.75, 3.05) is 39.0 Å². The minimum absolute atomic E-state index is 0.0209. The van der Waals surface area contributed by atoms with Gasteiger partial charge in [0.1, 0.15) is 5.25 Å². The smallest absolute Gasteiger partial charge is 0.262 e. The topological polar surface area (TPSA) is 94.1 Å². The number of benzene rings is 2. The fourth-order valence-corrected chi connectivity index (χ4v) is 4.98. The molecule has 3 rings (SSSR count). The average Bonchev–Trinajstić information content (AvgIpc) is 3.19. The van der Waals surface area contributed by atoms with Crippen LogP contribution in [0, 0.1) is 0 Å². The van der Waals surface area contributed by atoms with Crippen LogP contribution in [0.25, 0.3) is 0 Å². The maximum atomic E-state index is 13.0. The van der Waals surface area contributed by atoms with Crippen LogP contribution in [0.15, 0.2) is 59.6 Å². The average molecular weight is 496 g/mol. The number of aliphatic imine (C=N–C) groups is 1. The zero-order chi connectivity index (χ0) is 25.4. The van der Waals surface area contributed by atoms with Crippen LogP contribution < -0.4 is 10.6 Å². The molecular weight excluding hydrogens is 462 g/mol. The van der Waals surface area contributed by atoms with Crippen LogP contribution in [0.4, 0.5) is 5.69 Å². The molecule has 0 aliphatic carbocycles. The van der Waals surface area contributed by atoms with Gasteiger partial charge >= 0.3 is 0 Å². The van der Waals surface area contributed by atoms with Crippen molar-refractivity contribution in [2.24, 2.45) is 4.99 Å². The number of amidine groups is 1. The van der Waals surface area contributed by atoms with Crippen LogP contribution in [0.1, 0.15) is 42.2 Å². The second-order valence-corrected chi connectivity index (χ2v) is 9.71. The molecule has 1 heterocycles. The third-order valence-corrected chi connectivity index (χ3v) is 6.81. The van der Waals surface area contributed by atoms with Crippen molar-refractivity contribution in [3.05, 3.63) is 65.7 Å². The molecule has 35 heavy (non-hydrogen) atoms. The van der Waals surface area contributed by atoms with Gasteiger partial charge in [-0.25, -0.2) is 0 Å². The molecular formula is C26H33N5O3S. The summed E-state index contributed by atoms with van der Waals surface area (Å²) in [6.45, 7) is 6.16. The Labute approximate surface area is 211 Å². The van der Waals surface area contributed by atoms with Crippen molar-refractivity contribution in [1.29, 1.82) is 0 Å². The predicted octanol–water partition coefficient (Wildman–Crippen LogP) is 3.39. The second kappa shape index (κ2) is 12.5. The van der Waals surface area contributed by atoms with Gasteiger partial charge in [0, 0.05) is 37.3 Å². The molecule has 186 valence electrons.